The first-order valence-corrected chi connectivity index (χ1v) is 6.76. The van der Waals surface area contributed by atoms with E-state index in [0.717, 1.165) is 12.4 Å². The Hall–Kier alpha value is -1.68. The normalized spacial score (nSPS) is 12.9. The second-order valence-electron chi connectivity index (χ2n) is 5.26. The summed E-state index contributed by atoms with van der Waals surface area (Å²) in [5.74, 6) is 0.981. The second-order valence-corrected chi connectivity index (χ2v) is 5.26. The first-order valence-electron chi connectivity index (χ1n) is 6.76. The van der Waals surface area contributed by atoms with Crippen molar-refractivity contribution in [3.8, 4) is 0 Å². The molecule has 0 amide bonds. The topological polar surface area (TPSA) is 42.7 Å². The smallest absolute Gasteiger partial charge is 0.147 e. The van der Waals surface area contributed by atoms with E-state index in [9.17, 15) is 0 Å². The van der Waals surface area contributed by atoms with Gasteiger partial charge in [0, 0.05) is 12.1 Å². The van der Waals surface area contributed by atoms with Crippen molar-refractivity contribution in [1.29, 1.82) is 0 Å². The molecule has 0 spiro atoms. The second kappa shape index (κ2) is 5.97. The Bertz CT molecular complexity index is 530. The summed E-state index contributed by atoms with van der Waals surface area (Å²) in [5.41, 5.74) is 2.59. The van der Waals surface area contributed by atoms with Crippen LogP contribution >= 0.6 is 0 Å². The van der Waals surface area contributed by atoms with Gasteiger partial charge in [-0.05, 0) is 33.3 Å². The molecule has 19 heavy (non-hydrogen) atoms. The Balaban J connectivity index is 2.00. The van der Waals surface area contributed by atoms with Crippen LogP contribution in [0, 0.1) is 6.92 Å². The van der Waals surface area contributed by atoms with Gasteiger partial charge in [-0.1, -0.05) is 29.8 Å². The van der Waals surface area contributed by atoms with Gasteiger partial charge in [0.15, 0.2) is 0 Å². The lowest BCUT2D eigenvalue weighted by atomic mass is 10.1. The van der Waals surface area contributed by atoms with Crippen molar-refractivity contribution in [2.24, 2.45) is 0 Å². The molecule has 2 rings (SSSR count). The molecule has 0 unspecified atom stereocenters. The molecular formula is C15H22N4. The first kappa shape index (κ1) is 13.7. The Morgan fingerprint density at radius 1 is 1.26 bits per heavy atom. The summed E-state index contributed by atoms with van der Waals surface area (Å²) in [6, 6.07) is 9.27. The summed E-state index contributed by atoms with van der Waals surface area (Å²) in [6.07, 6.45) is 1.79. The monoisotopic (exact) mass is 258 g/mol. The van der Waals surface area contributed by atoms with Gasteiger partial charge in [0.2, 0.25) is 0 Å². The van der Waals surface area contributed by atoms with E-state index in [1.165, 1.54) is 11.1 Å². The van der Waals surface area contributed by atoms with Crippen LogP contribution in [0.5, 0.6) is 0 Å². The zero-order chi connectivity index (χ0) is 13.8. The number of nitrogens with one attached hydrogen (secondary N) is 1. The van der Waals surface area contributed by atoms with Crippen molar-refractivity contribution in [2.45, 2.75) is 46.3 Å². The number of hydrogen-bond donors (Lipinski definition) is 1. The summed E-state index contributed by atoms with van der Waals surface area (Å²) in [4.78, 5) is 0. The zero-order valence-electron chi connectivity index (χ0n) is 12.1. The van der Waals surface area contributed by atoms with Crippen molar-refractivity contribution in [3.05, 3.63) is 47.5 Å². The molecule has 0 fully saturated rings. The van der Waals surface area contributed by atoms with Crippen LogP contribution < -0.4 is 5.32 Å². The van der Waals surface area contributed by atoms with Crippen molar-refractivity contribution in [2.75, 3.05) is 0 Å². The van der Waals surface area contributed by atoms with Gasteiger partial charge in [-0.15, -0.1) is 10.2 Å². The highest BCUT2D eigenvalue weighted by molar-refractivity contribution is 5.24. The van der Waals surface area contributed by atoms with Crippen LogP contribution in [0.25, 0.3) is 0 Å². The molecule has 1 aromatic heterocycles. The Kier molecular flexibility index (Phi) is 4.32. The molecule has 0 saturated carbocycles. The van der Waals surface area contributed by atoms with Gasteiger partial charge in [-0.2, -0.15) is 0 Å². The fourth-order valence-corrected chi connectivity index (χ4v) is 2.13. The van der Waals surface area contributed by atoms with Crippen molar-refractivity contribution in [3.63, 3.8) is 0 Å². The van der Waals surface area contributed by atoms with Gasteiger partial charge in [0.1, 0.15) is 12.2 Å². The maximum absolute atomic E-state index is 4.17. The lowest BCUT2D eigenvalue weighted by Crippen LogP contribution is -2.21. The minimum absolute atomic E-state index is 0.303. The van der Waals surface area contributed by atoms with E-state index in [-0.39, 0.29) is 0 Å². The van der Waals surface area contributed by atoms with Crippen LogP contribution in [0.15, 0.2) is 30.6 Å². The van der Waals surface area contributed by atoms with Crippen molar-refractivity contribution >= 4 is 0 Å². The highest BCUT2D eigenvalue weighted by Gasteiger charge is 2.10. The number of hydrogen-bond acceptors (Lipinski definition) is 3. The van der Waals surface area contributed by atoms with Gasteiger partial charge in [-0.3, -0.25) is 0 Å². The van der Waals surface area contributed by atoms with Gasteiger partial charge in [0.05, 0.1) is 6.54 Å². The van der Waals surface area contributed by atoms with Gasteiger partial charge >= 0.3 is 0 Å². The number of aromatic nitrogens is 3. The molecule has 102 valence electrons. The average Bonchev–Trinajstić information content (AvgIpc) is 2.84. The van der Waals surface area contributed by atoms with E-state index < -0.39 is 0 Å². The first-order chi connectivity index (χ1) is 9.08. The predicted molar refractivity (Wildman–Crippen MR) is 76.8 cm³/mol. The quantitative estimate of drug-likeness (QED) is 0.896. The van der Waals surface area contributed by atoms with Crippen LogP contribution in [0.4, 0.5) is 0 Å². The highest BCUT2D eigenvalue weighted by atomic mass is 15.3. The molecule has 4 nitrogen and oxygen atoms in total. The van der Waals surface area contributed by atoms with E-state index in [1.807, 2.05) is 0 Å². The van der Waals surface area contributed by atoms with Gasteiger partial charge in [0.25, 0.3) is 0 Å². The van der Waals surface area contributed by atoms with E-state index in [4.69, 9.17) is 0 Å². The molecule has 0 saturated heterocycles. The van der Waals surface area contributed by atoms with Crippen molar-refractivity contribution < 1.29 is 0 Å². The average molecular weight is 258 g/mol. The summed E-state index contributed by atoms with van der Waals surface area (Å²) < 4.78 is 2.09. The minimum atomic E-state index is 0.303. The fraction of sp³-hybridized carbons (Fsp3) is 0.467. The molecule has 0 aliphatic carbocycles. The SMILES string of the molecule is Cc1cccc([C@H](C)NCc2nncn2C(C)C)c1. The Morgan fingerprint density at radius 2 is 2.05 bits per heavy atom. The lowest BCUT2D eigenvalue weighted by molar-refractivity contribution is 0.509. The number of benzene rings is 1. The molecule has 1 N–H and O–H groups in total. The van der Waals surface area contributed by atoms with E-state index >= 15 is 0 Å². The number of aryl methyl sites for hydroxylation is 1. The maximum Gasteiger partial charge on any atom is 0.147 e. The van der Waals surface area contributed by atoms with Crippen LogP contribution in [0.3, 0.4) is 0 Å². The molecule has 4 heteroatoms. The molecule has 1 heterocycles. The van der Waals surface area contributed by atoms with Gasteiger partial charge in [-0.25, -0.2) is 0 Å². The third kappa shape index (κ3) is 3.41. The predicted octanol–water partition coefficient (Wildman–Crippen LogP) is 3.02. The fourth-order valence-electron chi connectivity index (χ4n) is 2.13. The molecule has 0 aliphatic heterocycles. The molecular weight excluding hydrogens is 236 g/mol. The minimum Gasteiger partial charge on any atom is -0.314 e. The lowest BCUT2D eigenvalue weighted by Gasteiger charge is -2.16. The highest BCUT2D eigenvalue weighted by Crippen LogP contribution is 2.14. The largest absolute Gasteiger partial charge is 0.314 e. The molecule has 1 aromatic carbocycles. The van der Waals surface area contributed by atoms with Gasteiger partial charge < -0.3 is 9.88 Å². The number of nitrogens with zero attached hydrogens (tertiary/aromatic N) is 3. The molecule has 0 aliphatic rings. The third-order valence-corrected chi connectivity index (χ3v) is 3.31. The molecule has 0 radical (unpaired) electrons. The van der Waals surface area contributed by atoms with Crippen molar-refractivity contribution in [1.82, 2.24) is 20.1 Å². The summed E-state index contributed by atoms with van der Waals surface area (Å²) in [6.45, 7) is 9.29. The van der Waals surface area contributed by atoms with E-state index in [1.54, 1.807) is 6.33 Å². The Morgan fingerprint density at radius 3 is 2.74 bits per heavy atom. The Labute approximate surface area is 114 Å². The molecule has 0 bridgehead atoms. The summed E-state index contributed by atoms with van der Waals surface area (Å²) >= 11 is 0. The van der Waals surface area contributed by atoms with Crippen LogP contribution in [-0.4, -0.2) is 14.8 Å². The molecule has 2 aromatic rings. The standard InChI is InChI=1S/C15H22N4/c1-11(2)19-10-17-18-15(19)9-16-13(4)14-7-5-6-12(3)8-14/h5-8,10-11,13,16H,9H2,1-4H3/t13-/m0/s1. The van der Waals surface area contributed by atoms with E-state index in [0.29, 0.717) is 12.1 Å². The van der Waals surface area contributed by atoms with Crippen LogP contribution in [0.2, 0.25) is 0 Å². The van der Waals surface area contributed by atoms with Crippen LogP contribution in [0.1, 0.15) is 49.8 Å². The zero-order valence-corrected chi connectivity index (χ0v) is 12.1. The van der Waals surface area contributed by atoms with E-state index in [2.05, 4.69) is 72.0 Å². The summed E-state index contributed by atoms with van der Waals surface area (Å²) in [5, 5.41) is 11.7. The third-order valence-electron chi connectivity index (χ3n) is 3.31. The maximum atomic E-state index is 4.17. The summed E-state index contributed by atoms with van der Waals surface area (Å²) in [7, 11) is 0. The van der Waals surface area contributed by atoms with Crippen LogP contribution in [-0.2, 0) is 6.54 Å². The molecule has 1 atom stereocenters. The number of rotatable bonds is 5.